The zero-order valence-corrected chi connectivity index (χ0v) is 13.9. The second-order valence-corrected chi connectivity index (χ2v) is 6.36. The normalized spacial score (nSPS) is 20.6. The summed E-state index contributed by atoms with van der Waals surface area (Å²) in [4.78, 5) is 18.2. The van der Waals surface area contributed by atoms with Crippen molar-refractivity contribution in [2.24, 2.45) is 4.99 Å². The summed E-state index contributed by atoms with van der Waals surface area (Å²) in [5.74, 6) is 1.40. The highest BCUT2D eigenvalue weighted by Gasteiger charge is 2.25. The Labute approximate surface area is 133 Å². The summed E-state index contributed by atoms with van der Waals surface area (Å²) in [6.07, 6.45) is 3.13. The molecule has 1 aromatic carbocycles. The van der Waals surface area contributed by atoms with Crippen molar-refractivity contribution in [3.05, 3.63) is 29.8 Å². The molecule has 4 nitrogen and oxygen atoms in total. The molecule has 0 amide bonds. The van der Waals surface area contributed by atoms with E-state index in [9.17, 15) is 4.79 Å². The van der Waals surface area contributed by atoms with E-state index in [0.29, 0.717) is 18.6 Å². The molecule has 1 aliphatic rings. The second-order valence-electron chi connectivity index (χ2n) is 6.36. The van der Waals surface area contributed by atoms with Gasteiger partial charge in [0.1, 0.15) is 11.5 Å². The summed E-state index contributed by atoms with van der Waals surface area (Å²) in [6.45, 7) is 1.95. The highest BCUT2D eigenvalue weighted by molar-refractivity contribution is 6.05. The third-order valence-electron chi connectivity index (χ3n) is 4.09. The second kappa shape index (κ2) is 8.08. The molecule has 120 valence electrons. The van der Waals surface area contributed by atoms with Crippen LogP contribution in [0, 0.1) is 0 Å². The number of ketones is 1. The summed E-state index contributed by atoms with van der Waals surface area (Å²) in [5, 5.41) is 0. The predicted molar refractivity (Wildman–Crippen MR) is 89.2 cm³/mol. The van der Waals surface area contributed by atoms with Gasteiger partial charge in [0.05, 0.1) is 27.7 Å². The number of nitrogens with one attached hydrogen (secondary N) is 1. The lowest BCUT2D eigenvalue weighted by Gasteiger charge is -2.23. The van der Waals surface area contributed by atoms with Gasteiger partial charge in [0.15, 0.2) is 0 Å². The van der Waals surface area contributed by atoms with Gasteiger partial charge in [-0.1, -0.05) is 12.1 Å². The molecule has 0 unspecified atom stereocenters. The van der Waals surface area contributed by atoms with E-state index >= 15 is 0 Å². The van der Waals surface area contributed by atoms with Crippen molar-refractivity contribution >= 4 is 11.5 Å². The number of rotatable bonds is 6. The minimum atomic E-state index is 0.245. The Hall–Kier alpha value is -1.68. The molecule has 1 fully saturated rings. The van der Waals surface area contributed by atoms with Crippen LogP contribution in [0.2, 0.25) is 0 Å². The molecule has 1 aromatic rings. The van der Waals surface area contributed by atoms with Crippen LogP contribution in [0.1, 0.15) is 37.2 Å². The van der Waals surface area contributed by atoms with E-state index in [1.165, 1.54) is 10.5 Å². The van der Waals surface area contributed by atoms with Crippen LogP contribution in [-0.2, 0) is 4.79 Å². The van der Waals surface area contributed by atoms with E-state index in [4.69, 9.17) is 4.74 Å². The van der Waals surface area contributed by atoms with Crippen LogP contribution in [0.15, 0.2) is 29.3 Å². The van der Waals surface area contributed by atoms with Gasteiger partial charge in [0, 0.05) is 31.5 Å². The van der Waals surface area contributed by atoms with Crippen LogP contribution in [0.5, 0.6) is 5.75 Å². The minimum Gasteiger partial charge on any atom is -0.497 e. The maximum atomic E-state index is 12.0. The fourth-order valence-corrected chi connectivity index (χ4v) is 2.92. The molecule has 0 saturated heterocycles. The van der Waals surface area contributed by atoms with Crippen LogP contribution in [0.25, 0.3) is 0 Å². The first kappa shape index (κ1) is 16.7. The first-order valence-corrected chi connectivity index (χ1v) is 8.05. The van der Waals surface area contributed by atoms with Crippen LogP contribution < -0.4 is 9.64 Å². The van der Waals surface area contributed by atoms with Crippen molar-refractivity contribution in [1.29, 1.82) is 0 Å². The van der Waals surface area contributed by atoms with E-state index < -0.39 is 0 Å². The standard InChI is InChI=1S/C18H26N2O2/c1-20(2)9-5-8-19-16-10-15(11-17(21)13-16)14-6-4-7-18(12-14)22-3/h4,6-7,12,15H,5,8-11,13H2,1-3H3/p+1/t15-/m1/s1. The summed E-state index contributed by atoms with van der Waals surface area (Å²) in [7, 11) is 5.97. The van der Waals surface area contributed by atoms with Crippen molar-refractivity contribution in [1.82, 2.24) is 0 Å². The SMILES string of the molecule is COc1cccc([C@H]2CC(=O)CC(=NCCC[NH+](C)C)C2)c1. The average Bonchev–Trinajstić information content (AvgIpc) is 2.51. The minimum absolute atomic E-state index is 0.245. The number of benzene rings is 1. The van der Waals surface area contributed by atoms with Gasteiger partial charge in [-0.25, -0.2) is 0 Å². The van der Waals surface area contributed by atoms with Gasteiger partial charge in [0.25, 0.3) is 0 Å². The summed E-state index contributed by atoms with van der Waals surface area (Å²) in [6, 6.07) is 8.05. The van der Waals surface area contributed by atoms with Gasteiger partial charge >= 0.3 is 0 Å². The lowest BCUT2D eigenvalue weighted by Crippen LogP contribution is -3.05. The summed E-state index contributed by atoms with van der Waals surface area (Å²) in [5.41, 5.74) is 2.25. The molecule has 4 heteroatoms. The number of ether oxygens (including phenoxy) is 1. The Balaban J connectivity index is 2.01. The molecule has 1 atom stereocenters. The van der Waals surface area contributed by atoms with Gasteiger partial charge in [-0.2, -0.15) is 0 Å². The molecule has 22 heavy (non-hydrogen) atoms. The van der Waals surface area contributed by atoms with E-state index in [2.05, 4.69) is 25.2 Å². The lowest BCUT2D eigenvalue weighted by molar-refractivity contribution is -0.858. The summed E-state index contributed by atoms with van der Waals surface area (Å²) < 4.78 is 5.28. The van der Waals surface area contributed by atoms with Crippen LogP contribution in [0.4, 0.5) is 0 Å². The lowest BCUT2D eigenvalue weighted by atomic mass is 9.82. The molecule has 1 N–H and O–H groups in total. The molecule has 0 aliphatic heterocycles. The van der Waals surface area contributed by atoms with Crippen molar-refractivity contribution < 1.29 is 14.4 Å². The molecule has 0 aromatic heterocycles. The molecular weight excluding hydrogens is 276 g/mol. The molecule has 1 saturated carbocycles. The molecule has 0 radical (unpaired) electrons. The number of quaternary nitrogens is 1. The van der Waals surface area contributed by atoms with Crippen molar-refractivity contribution in [2.45, 2.75) is 31.6 Å². The maximum Gasteiger partial charge on any atom is 0.139 e. The predicted octanol–water partition coefficient (Wildman–Crippen LogP) is 1.51. The highest BCUT2D eigenvalue weighted by atomic mass is 16.5. The number of carbonyl (C=O) groups is 1. The first-order valence-electron chi connectivity index (χ1n) is 8.05. The van der Waals surface area contributed by atoms with Gasteiger partial charge in [-0.3, -0.25) is 9.79 Å². The van der Waals surface area contributed by atoms with E-state index in [1.54, 1.807) is 7.11 Å². The Morgan fingerprint density at radius 1 is 1.32 bits per heavy atom. The van der Waals surface area contributed by atoms with Crippen LogP contribution >= 0.6 is 0 Å². The number of nitrogens with zero attached hydrogens (tertiary/aromatic N) is 1. The van der Waals surface area contributed by atoms with Crippen molar-refractivity contribution in [3.63, 3.8) is 0 Å². The Kier molecular flexibility index (Phi) is 6.13. The van der Waals surface area contributed by atoms with E-state index in [1.807, 2.05) is 18.2 Å². The molecular formula is C18H27N2O2+. The number of carbonyl (C=O) groups excluding carboxylic acids is 1. The molecule has 1 aliphatic carbocycles. The average molecular weight is 303 g/mol. The van der Waals surface area contributed by atoms with Crippen LogP contribution in [0.3, 0.4) is 0 Å². The molecule has 2 rings (SSSR count). The Morgan fingerprint density at radius 2 is 2.14 bits per heavy atom. The molecule has 0 bridgehead atoms. The van der Waals surface area contributed by atoms with Crippen molar-refractivity contribution in [2.75, 3.05) is 34.3 Å². The fourth-order valence-electron chi connectivity index (χ4n) is 2.92. The monoisotopic (exact) mass is 303 g/mol. The fraction of sp³-hybridized carbons (Fsp3) is 0.556. The summed E-state index contributed by atoms with van der Waals surface area (Å²) >= 11 is 0. The number of aliphatic imine (C=N–C) groups is 1. The van der Waals surface area contributed by atoms with E-state index in [0.717, 1.165) is 37.4 Å². The van der Waals surface area contributed by atoms with Gasteiger partial charge in [-0.15, -0.1) is 0 Å². The largest absolute Gasteiger partial charge is 0.497 e. The number of hydrogen-bond acceptors (Lipinski definition) is 3. The first-order chi connectivity index (χ1) is 10.6. The van der Waals surface area contributed by atoms with Gasteiger partial charge in [0.2, 0.25) is 0 Å². The smallest absolute Gasteiger partial charge is 0.139 e. The topological polar surface area (TPSA) is 43.1 Å². The van der Waals surface area contributed by atoms with Gasteiger partial charge < -0.3 is 9.64 Å². The quantitative estimate of drug-likeness (QED) is 0.810. The Morgan fingerprint density at radius 3 is 2.86 bits per heavy atom. The molecule has 0 spiro atoms. The van der Waals surface area contributed by atoms with Crippen molar-refractivity contribution in [3.8, 4) is 5.75 Å². The zero-order chi connectivity index (χ0) is 15.9. The third kappa shape index (κ3) is 4.95. The highest BCUT2D eigenvalue weighted by Crippen LogP contribution is 2.31. The number of hydrogen-bond donors (Lipinski definition) is 1. The molecule has 0 heterocycles. The number of methoxy groups -OCH3 is 1. The van der Waals surface area contributed by atoms with E-state index in [-0.39, 0.29) is 5.92 Å². The number of Topliss-reactive ketones (excluding diaryl/α,β-unsaturated/α-hetero) is 1. The van der Waals surface area contributed by atoms with Gasteiger partial charge in [-0.05, 0) is 30.0 Å². The maximum absolute atomic E-state index is 12.0. The van der Waals surface area contributed by atoms with Crippen LogP contribution in [-0.4, -0.2) is 45.8 Å². The third-order valence-corrected chi connectivity index (χ3v) is 4.09. The Bertz CT molecular complexity index is 538. The zero-order valence-electron chi connectivity index (χ0n) is 13.9.